The fourth-order valence-electron chi connectivity index (χ4n) is 1.58. The second kappa shape index (κ2) is 6.21. The molecular weight excluding hydrogens is 248 g/mol. The minimum absolute atomic E-state index is 0.0148. The van der Waals surface area contributed by atoms with Crippen molar-refractivity contribution in [3.05, 3.63) is 34.9 Å². The van der Waals surface area contributed by atoms with E-state index in [1.54, 1.807) is 12.1 Å². The SMILES string of the molecule is CC(C)C(C)(CN)NC(=O)Cc1ccc(Cl)cc1. The highest BCUT2D eigenvalue weighted by Crippen LogP contribution is 2.15. The number of halogens is 1. The fourth-order valence-corrected chi connectivity index (χ4v) is 1.71. The van der Waals surface area contributed by atoms with E-state index in [2.05, 4.69) is 19.2 Å². The lowest BCUT2D eigenvalue weighted by Gasteiger charge is -2.33. The Balaban J connectivity index is 2.64. The van der Waals surface area contributed by atoms with Crippen LogP contribution >= 0.6 is 11.6 Å². The molecule has 18 heavy (non-hydrogen) atoms. The zero-order chi connectivity index (χ0) is 13.8. The van der Waals surface area contributed by atoms with Crippen molar-refractivity contribution >= 4 is 17.5 Å². The van der Waals surface area contributed by atoms with Crippen LogP contribution in [0.4, 0.5) is 0 Å². The van der Waals surface area contributed by atoms with Gasteiger partial charge in [0.15, 0.2) is 0 Å². The van der Waals surface area contributed by atoms with Gasteiger partial charge in [0.1, 0.15) is 0 Å². The molecule has 0 aliphatic heterocycles. The van der Waals surface area contributed by atoms with Crippen molar-refractivity contribution in [2.24, 2.45) is 11.7 Å². The summed E-state index contributed by atoms with van der Waals surface area (Å²) in [5.41, 5.74) is 6.32. The average Bonchev–Trinajstić information content (AvgIpc) is 2.31. The predicted molar refractivity (Wildman–Crippen MR) is 75.6 cm³/mol. The molecule has 0 aromatic heterocycles. The first-order valence-electron chi connectivity index (χ1n) is 6.13. The Bertz CT molecular complexity index is 403. The summed E-state index contributed by atoms with van der Waals surface area (Å²) in [7, 11) is 0. The highest BCUT2D eigenvalue weighted by atomic mass is 35.5. The van der Waals surface area contributed by atoms with Gasteiger partial charge in [-0.25, -0.2) is 0 Å². The second-order valence-electron chi connectivity index (χ2n) is 5.13. The quantitative estimate of drug-likeness (QED) is 0.861. The smallest absolute Gasteiger partial charge is 0.224 e. The van der Waals surface area contributed by atoms with Gasteiger partial charge in [0.2, 0.25) is 5.91 Å². The van der Waals surface area contributed by atoms with Gasteiger partial charge in [-0.3, -0.25) is 4.79 Å². The van der Waals surface area contributed by atoms with E-state index in [9.17, 15) is 4.79 Å². The van der Waals surface area contributed by atoms with E-state index in [4.69, 9.17) is 17.3 Å². The summed E-state index contributed by atoms with van der Waals surface area (Å²) in [5, 5.41) is 3.68. The van der Waals surface area contributed by atoms with Gasteiger partial charge in [0, 0.05) is 11.6 Å². The molecule has 0 aliphatic rings. The van der Waals surface area contributed by atoms with Gasteiger partial charge in [0.05, 0.1) is 12.0 Å². The van der Waals surface area contributed by atoms with Gasteiger partial charge in [-0.15, -0.1) is 0 Å². The maximum absolute atomic E-state index is 12.0. The summed E-state index contributed by atoms with van der Waals surface area (Å²) in [6, 6.07) is 7.29. The second-order valence-corrected chi connectivity index (χ2v) is 5.56. The van der Waals surface area contributed by atoms with Gasteiger partial charge in [-0.05, 0) is 30.5 Å². The zero-order valence-electron chi connectivity index (χ0n) is 11.2. The van der Waals surface area contributed by atoms with Crippen molar-refractivity contribution in [1.82, 2.24) is 5.32 Å². The molecule has 3 N–H and O–H groups in total. The number of rotatable bonds is 5. The average molecular weight is 269 g/mol. The maximum atomic E-state index is 12.0. The van der Waals surface area contributed by atoms with Crippen LogP contribution in [0.3, 0.4) is 0 Å². The van der Waals surface area contributed by atoms with Crippen LogP contribution in [0, 0.1) is 5.92 Å². The first-order chi connectivity index (χ1) is 8.37. The largest absolute Gasteiger partial charge is 0.349 e. The summed E-state index contributed by atoms with van der Waals surface area (Å²) in [6.07, 6.45) is 0.347. The molecule has 0 heterocycles. The summed E-state index contributed by atoms with van der Waals surface area (Å²) in [5.74, 6) is 0.274. The Hall–Kier alpha value is -1.06. The molecule has 0 spiro atoms. The topological polar surface area (TPSA) is 55.1 Å². The molecule has 3 nitrogen and oxygen atoms in total. The predicted octanol–water partition coefficient (Wildman–Crippen LogP) is 2.37. The van der Waals surface area contributed by atoms with E-state index in [1.807, 2.05) is 19.1 Å². The van der Waals surface area contributed by atoms with E-state index in [0.717, 1.165) is 5.56 Å². The Morgan fingerprint density at radius 3 is 2.39 bits per heavy atom. The van der Waals surface area contributed by atoms with Crippen molar-refractivity contribution in [3.63, 3.8) is 0 Å². The van der Waals surface area contributed by atoms with Crippen molar-refractivity contribution < 1.29 is 4.79 Å². The molecule has 4 heteroatoms. The van der Waals surface area contributed by atoms with Crippen molar-refractivity contribution in [2.45, 2.75) is 32.7 Å². The minimum atomic E-state index is -0.358. The van der Waals surface area contributed by atoms with Gasteiger partial charge in [0.25, 0.3) is 0 Å². The summed E-state index contributed by atoms with van der Waals surface area (Å²) < 4.78 is 0. The van der Waals surface area contributed by atoms with Crippen LogP contribution in [0.2, 0.25) is 5.02 Å². The third-order valence-electron chi connectivity index (χ3n) is 3.40. The van der Waals surface area contributed by atoms with Crippen LogP contribution in [-0.2, 0) is 11.2 Å². The molecule has 0 bridgehead atoms. The number of hydrogen-bond acceptors (Lipinski definition) is 2. The van der Waals surface area contributed by atoms with Gasteiger partial charge in [-0.2, -0.15) is 0 Å². The number of carbonyl (C=O) groups excluding carboxylic acids is 1. The monoisotopic (exact) mass is 268 g/mol. The van der Waals surface area contributed by atoms with E-state index < -0.39 is 0 Å². The molecule has 0 fully saturated rings. The number of carbonyl (C=O) groups is 1. The third kappa shape index (κ3) is 4.00. The molecular formula is C14H21ClN2O. The Morgan fingerprint density at radius 2 is 1.94 bits per heavy atom. The van der Waals surface area contributed by atoms with Crippen LogP contribution in [0.25, 0.3) is 0 Å². The van der Waals surface area contributed by atoms with Gasteiger partial charge in [-0.1, -0.05) is 37.6 Å². The lowest BCUT2D eigenvalue weighted by atomic mass is 9.88. The normalized spacial score (nSPS) is 14.3. The zero-order valence-corrected chi connectivity index (χ0v) is 11.9. The van der Waals surface area contributed by atoms with E-state index >= 15 is 0 Å². The molecule has 0 aliphatic carbocycles. The summed E-state index contributed by atoms with van der Waals surface area (Å²) >= 11 is 5.80. The molecule has 1 amide bonds. The Labute approximate surface area is 114 Å². The van der Waals surface area contributed by atoms with E-state index in [-0.39, 0.29) is 17.4 Å². The summed E-state index contributed by atoms with van der Waals surface area (Å²) in [6.45, 7) is 6.50. The number of nitrogens with two attached hydrogens (primary N) is 1. The van der Waals surface area contributed by atoms with Gasteiger partial charge < -0.3 is 11.1 Å². The standard InChI is InChI=1S/C14H21ClN2O/c1-10(2)14(3,9-16)17-13(18)8-11-4-6-12(15)7-5-11/h4-7,10H,8-9,16H2,1-3H3,(H,17,18). The Kier molecular flexibility index (Phi) is 5.17. The molecule has 0 radical (unpaired) electrons. The van der Waals surface area contributed by atoms with Crippen LogP contribution in [-0.4, -0.2) is 18.0 Å². The number of benzene rings is 1. The number of amides is 1. The first-order valence-corrected chi connectivity index (χ1v) is 6.50. The summed E-state index contributed by atoms with van der Waals surface area (Å²) in [4.78, 5) is 12.0. The molecule has 1 aromatic carbocycles. The van der Waals surface area contributed by atoms with Crippen LogP contribution in [0.5, 0.6) is 0 Å². The number of hydrogen-bond donors (Lipinski definition) is 2. The molecule has 1 atom stereocenters. The molecule has 1 aromatic rings. The third-order valence-corrected chi connectivity index (χ3v) is 3.65. The number of nitrogens with one attached hydrogen (secondary N) is 1. The molecule has 1 rings (SSSR count). The Morgan fingerprint density at radius 1 is 1.39 bits per heavy atom. The lowest BCUT2D eigenvalue weighted by molar-refractivity contribution is -0.122. The molecule has 0 saturated heterocycles. The highest BCUT2D eigenvalue weighted by molar-refractivity contribution is 6.30. The fraction of sp³-hybridized carbons (Fsp3) is 0.500. The highest BCUT2D eigenvalue weighted by Gasteiger charge is 2.28. The lowest BCUT2D eigenvalue weighted by Crippen LogP contribution is -2.55. The van der Waals surface area contributed by atoms with Gasteiger partial charge >= 0.3 is 0 Å². The van der Waals surface area contributed by atoms with Crippen molar-refractivity contribution in [1.29, 1.82) is 0 Å². The maximum Gasteiger partial charge on any atom is 0.224 e. The van der Waals surface area contributed by atoms with Crippen LogP contribution in [0.15, 0.2) is 24.3 Å². The van der Waals surface area contributed by atoms with Crippen LogP contribution in [0.1, 0.15) is 26.3 Å². The van der Waals surface area contributed by atoms with Crippen molar-refractivity contribution in [2.75, 3.05) is 6.54 Å². The van der Waals surface area contributed by atoms with Crippen molar-refractivity contribution in [3.8, 4) is 0 Å². The van der Waals surface area contributed by atoms with E-state index in [1.165, 1.54) is 0 Å². The minimum Gasteiger partial charge on any atom is -0.349 e. The van der Waals surface area contributed by atoms with Crippen LogP contribution < -0.4 is 11.1 Å². The molecule has 100 valence electrons. The van der Waals surface area contributed by atoms with E-state index in [0.29, 0.717) is 18.0 Å². The molecule has 1 unspecified atom stereocenters. The molecule has 0 saturated carbocycles. The first kappa shape index (κ1) is 15.0.